The van der Waals surface area contributed by atoms with Gasteiger partial charge in [0.15, 0.2) is 0 Å². The number of hydrogen-bond donors (Lipinski definition) is 0. The Morgan fingerprint density at radius 3 is 2.60 bits per heavy atom. The largest absolute Gasteiger partial charge is 0.296 e. The van der Waals surface area contributed by atoms with Gasteiger partial charge in [-0.2, -0.15) is 5.26 Å². The van der Waals surface area contributed by atoms with Crippen molar-refractivity contribution in [2.75, 3.05) is 0 Å². The standard InChI is InChI=1S/C8H12N2/c1-10-8-5-3-2-4-7(8)6-9/h7-8H,1-5H2. The third-order valence-corrected chi connectivity index (χ3v) is 2.13. The van der Waals surface area contributed by atoms with Crippen LogP contribution in [0.5, 0.6) is 0 Å². The molecule has 0 saturated heterocycles. The van der Waals surface area contributed by atoms with Gasteiger partial charge in [0, 0.05) is 0 Å². The van der Waals surface area contributed by atoms with Gasteiger partial charge in [0.25, 0.3) is 0 Å². The molecule has 0 aliphatic heterocycles. The lowest BCUT2D eigenvalue weighted by atomic mass is 9.86. The molecule has 0 N–H and O–H groups in total. The van der Waals surface area contributed by atoms with Crippen molar-refractivity contribution in [3.8, 4) is 6.07 Å². The Morgan fingerprint density at radius 2 is 2.10 bits per heavy atom. The molecule has 0 radical (unpaired) electrons. The number of aliphatic imine (C=N–C) groups is 1. The molecule has 1 rings (SSSR count). The highest BCUT2D eigenvalue weighted by molar-refractivity contribution is 5.25. The Kier molecular flexibility index (Phi) is 2.44. The van der Waals surface area contributed by atoms with E-state index in [1.807, 2.05) is 0 Å². The van der Waals surface area contributed by atoms with Crippen LogP contribution in [0.1, 0.15) is 25.7 Å². The van der Waals surface area contributed by atoms with Crippen LogP contribution in [0.2, 0.25) is 0 Å². The zero-order chi connectivity index (χ0) is 7.40. The molecule has 1 aliphatic rings. The van der Waals surface area contributed by atoms with Gasteiger partial charge in [-0.1, -0.05) is 12.8 Å². The van der Waals surface area contributed by atoms with Crippen molar-refractivity contribution in [2.24, 2.45) is 10.9 Å². The molecule has 1 fully saturated rings. The first-order valence-corrected chi connectivity index (χ1v) is 3.74. The first-order chi connectivity index (χ1) is 4.88. The monoisotopic (exact) mass is 136 g/mol. The molecule has 0 aromatic carbocycles. The molecule has 0 spiro atoms. The fourth-order valence-corrected chi connectivity index (χ4v) is 1.48. The summed E-state index contributed by atoms with van der Waals surface area (Å²) in [5, 5.41) is 8.65. The first kappa shape index (κ1) is 7.27. The second-order valence-corrected chi connectivity index (χ2v) is 2.77. The molecular formula is C8H12N2. The van der Waals surface area contributed by atoms with Gasteiger partial charge < -0.3 is 0 Å². The predicted molar refractivity (Wildman–Crippen MR) is 40.9 cm³/mol. The number of hydrogen-bond acceptors (Lipinski definition) is 2. The molecule has 2 heteroatoms. The highest BCUT2D eigenvalue weighted by Crippen LogP contribution is 2.25. The molecule has 0 bridgehead atoms. The third kappa shape index (κ3) is 1.36. The fraction of sp³-hybridized carbons (Fsp3) is 0.750. The van der Waals surface area contributed by atoms with Crippen molar-refractivity contribution >= 4 is 6.72 Å². The zero-order valence-corrected chi connectivity index (χ0v) is 6.08. The van der Waals surface area contributed by atoms with E-state index in [4.69, 9.17) is 5.26 Å². The summed E-state index contributed by atoms with van der Waals surface area (Å²) >= 11 is 0. The van der Waals surface area contributed by atoms with E-state index < -0.39 is 0 Å². The minimum Gasteiger partial charge on any atom is -0.296 e. The van der Waals surface area contributed by atoms with Gasteiger partial charge in [0.05, 0.1) is 18.0 Å². The van der Waals surface area contributed by atoms with Crippen molar-refractivity contribution in [1.29, 1.82) is 5.26 Å². The van der Waals surface area contributed by atoms with E-state index in [2.05, 4.69) is 17.8 Å². The molecule has 2 unspecified atom stereocenters. The number of nitriles is 1. The molecule has 2 nitrogen and oxygen atoms in total. The van der Waals surface area contributed by atoms with Gasteiger partial charge in [0.2, 0.25) is 0 Å². The van der Waals surface area contributed by atoms with Crippen molar-refractivity contribution in [1.82, 2.24) is 0 Å². The average Bonchev–Trinajstić information content (AvgIpc) is 2.04. The van der Waals surface area contributed by atoms with Gasteiger partial charge in [-0.25, -0.2) is 0 Å². The van der Waals surface area contributed by atoms with E-state index in [0.29, 0.717) is 0 Å². The van der Waals surface area contributed by atoms with E-state index in [9.17, 15) is 0 Å². The maximum Gasteiger partial charge on any atom is 0.0686 e. The summed E-state index contributed by atoms with van der Waals surface area (Å²) < 4.78 is 0. The Balaban J connectivity index is 2.51. The molecule has 1 aliphatic carbocycles. The minimum atomic E-state index is 0.145. The molecular weight excluding hydrogens is 124 g/mol. The van der Waals surface area contributed by atoms with E-state index in [1.54, 1.807) is 0 Å². The van der Waals surface area contributed by atoms with Crippen molar-refractivity contribution in [3.05, 3.63) is 0 Å². The van der Waals surface area contributed by atoms with Gasteiger partial charge in [-0.3, -0.25) is 4.99 Å². The number of nitrogens with zero attached hydrogens (tertiary/aromatic N) is 2. The van der Waals surface area contributed by atoms with Crippen LogP contribution >= 0.6 is 0 Å². The first-order valence-electron chi connectivity index (χ1n) is 3.74. The quantitative estimate of drug-likeness (QED) is 0.506. The highest BCUT2D eigenvalue weighted by atomic mass is 14.8. The van der Waals surface area contributed by atoms with Gasteiger partial charge in [0.1, 0.15) is 0 Å². The van der Waals surface area contributed by atoms with Crippen LogP contribution in [0, 0.1) is 17.2 Å². The van der Waals surface area contributed by atoms with Crippen molar-refractivity contribution in [3.63, 3.8) is 0 Å². The topological polar surface area (TPSA) is 36.1 Å². The molecule has 1 saturated carbocycles. The van der Waals surface area contributed by atoms with E-state index >= 15 is 0 Å². The highest BCUT2D eigenvalue weighted by Gasteiger charge is 2.22. The average molecular weight is 136 g/mol. The minimum absolute atomic E-state index is 0.145. The summed E-state index contributed by atoms with van der Waals surface area (Å²) in [6.45, 7) is 3.48. The van der Waals surface area contributed by atoms with E-state index in [0.717, 1.165) is 12.8 Å². The SMILES string of the molecule is C=NC1CCCCC1C#N. The Bertz CT molecular complexity index is 157. The lowest BCUT2D eigenvalue weighted by Gasteiger charge is -2.22. The maximum atomic E-state index is 8.65. The summed E-state index contributed by atoms with van der Waals surface area (Å²) in [5.41, 5.74) is 0. The number of rotatable bonds is 1. The second-order valence-electron chi connectivity index (χ2n) is 2.77. The van der Waals surface area contributed by atoms with Gasteiger partial charge in [-0.05, 0) is 19.6 Å². The van der Waals surface area contributed by atoms with E-state index in [1.165, 1.54) is 12.8 Å². The second kappa shape index (κ2) is 3.36. The Hall–Kier alpha value is -0.840. The molecule has 0 amide bonds. The van der Waals surface area contributed by atoms with Crippen molar-refractivity contribution in [2.45, 2.75) is 31.7 Å². The van der Waals surface area contributed by atoms with E-state index in [-0.39, 0.29) is 12.0 Å². The van der Waals surface area contributed by atoms with Gasteiger partial charge in [-0.15, -0.1) is 0 Å². The Morgan fingerprint density at radius 1 is 1.40 bits per heavy atom. The molecule has 54 valence electrons. The third-order valence-electron chi connectivity index (χ3n) is 2.13. The predicted octanol–water partition coefficient (Wildman–Crippen LogP) is 1.77. The summed E-state index contributed by atoms with van der Waals surface area (Å²) in [7, 11) is 0. The summed E-state index contributed by atoms with van der Waals surface area (Å²) in [6.07, 6.45) is 4.47. The van der Waals surface area contributed by atoms with Crippen LogP contribution < -0.4 is 0 Å². The van der Waals surface area contributed by atoms with Crippen LogP contribution in [-0.4, -0.2) is 12.8 Å². The fourth-order valence-electron chi connectivity index (χ4n) is 1.48. The van der Waals surface area contributed by atoms with Crippen molar-refractivity contribution < 1.29 is 0 Å². The summed E-state index contributed by atoms with van der Waals surface area (Å²) in [5.74, 6) is 0.145. The Labute approximate surface area is 61.6 Å². The zero-order valence-electron chi connectivity index (χ0n) is 6.08. The normalized spacial score (nSPS) is 32.7. The summed E-state index contributed by atoms with van der Waals surface area (Å²) in [4.78, 5) is 3.93. The van der Waals surface area contributed by atoms with Crippen LogP contribution in [0.4, 0.5) is 0 Å². The van der Waals surface area contributed by atoms with Crippen LogP contribution in [0.15, 0.2) is 4.99 Å². The molecule has 0 aromatic rings. The molecule has 10 heavy (non-hydrogen) atoms. The molecule has 0 heterocycles. The lowest BCUT2D eigenvalue weighted by molar-refractivity contribution is 0.372. The molecule has 0 aromatic heterocycles. The lowest BCUT2D eigenvalue weighted by Crippen LogP contribution is -2.20. The smallest absolute Gasteiger partial charge is 0.0686 e. The summed E-state index contributed by atoms with van der Waals surface area (Å²) in [6, 6.07) is 2.49. The van der Waals surface area contributed by atoms with Crippen LogP contribution in [0.25, 0.3) is 0 Å². The molecule has 2 atom stereocenters. The van der Waals surface area contributed by atoms with Gasteiger partial charge >= 0.3 is 0 Å². The van der Waals surface area contributed by atoms with Crippen LogP contribution in [0.3, 0.4) is 0 Å². The maximum absolute atomic E-state index is 8.65. The van der Waals surface area contributed by atoms with Crippen LogP contribution in [-0.2, 0) is 0 Å².